The van der Waals surface area contributed by atoms with Gasteiger partial charge in [0.15, 0.2) is 0 Å². The number of aliphatic carboxylic acids is 1. The molecule has 0 atom stereocenters. The van der Waals surface area contributed by atoms with E-state index in [9.17, 15) is 9.90 Å². The van der Waals surface area contributed by atoms with Crippen LogP contribution in [0.25, 0.3) is 0 Å². The van der Waals surface area contributed by atoms with Crippen molar-refractivity contribution in [3.63, 3.8) is 0 Å². The molecular weight excluding hydrogens is 190 g/mol. The van der Waals surface area contributed by atoms with Crippen LogP contribution < -0.4 is 11.3 Å². The second-order valence-electron chi connectivity index (χ2n) is 2.99. The minimum absolute atomic E-state index is 0. The number of hydrogen-bond donors (Lipinski definition) is 4. The van der Waals surface area contributed by atoms with Gasteiger partial charge in [0.05, 0.1) is 0 Å². The highest BCUT2D eigenvalue weighted by Crippen LogP contribution is 2.29. The third kappa shape index (κ3) is 4.01. The van der Waals surface area contributed by atoms with Crippen LogP contribution in [0.15, 0.2) is 0 Å². The smallest absolute Gasteiger partial charge is 0.0478 e. The molecule has 0 amide bonds. The maximum Gasteiger partial charge on any atom is 0.0478 e. The molecule has 0 fully saturated rings. The third-order valence-electron chi connectivity index (χ3n) is 2.20. The first-order valence-electron chi connectivity index (χ1n) is 4.17. The Morgan fingerprint density at radius 2 is 1.29 bits per heavy atom. The lowest BCUT2D eigenvalue weighted by Crippen LogP contribution is -2.44. The van der Waals surface area contributed by atoms with Gasteiger partial charge < -0.3 is 31.4 Å². The lowest BCUT2D eigenvalue weighted by Gasteiger charge is -2.33. The average Bonchev–Trinajstić information content (AvgIpc) is 2.05. The van der Waals surface area contributed by atoms with E-state index in [1.807, 2.05) is 0 Å². The SMILES string of the molecule is O=C([O-])C(CCO)(CCO)CCO.[NH4+]. The van der Waals surface area contributed by atoms with E-state index in [0.717, 1.165) is 0 Å². The molecule has 0 aromatic heterocycles. The highest BCUT2D eigenvalue weighted by atomic mass is 16.4. The predicted octanol–water partition coefficient (Wildman–Crippen LogP) is -1.75. The quantitative estimate of drug-likeness (QED) is 0.394. The molecule has 0 aliphatic rings. The number of carboxylic acids is 1. The second-order valence-corrected chi connectivity index (χ2v) is 2.99. The zero-order chi connectivity index (χ0) is 10.3. The number of quaternary nitrogens is 1. The van der Waals surface area contributed by atoms with Crippen molar-refractivity contribution < 1.29 is 25.2 Å². The van der Waals surface area contributed by atoms with Gasteiger partial charge in [-0.25, -0.2) is 0 Å². The molecule has 0 rings (SSSR count). The lowest BCUT2D eigenvalue weighted by atomic mass is 9.79. The van der Waals surface area contributed by atoms with Crippen LogP contribution in [-0.2, 0) is 4.79 Å². The molecule has 0 heterocycles. The topological polar surface area (TPSA) is 137 Å². The standard InChI is InChI=1S/C8H16O5.H3N/c9-4-1-8(2-5-10,3-6-11)7(12)13;/h9-11H,1-6H2,(H,12,13);1H3. The zero-order valence-corrected chi connectivity index (χ0v) is 8.40. The van der Waals surface area contributed by atoms with Gasteiger partial charge in [0, 0.05) is 31.2 Å². The first-order valence-corrected chi connectivity index (χ1v) is 4.17. The van der Waals surface area contributed by atoms with Crippen molar-refractivity contribution >= 4 is 5.97 Å². The van der Waals surface area contributed by atoms with Crippen molar-refractivity contribution in [3.05, 3.63) is 0 Å². The number of carboxylic acid groups (broad SMARTS) is 1. The Morgan fingerprint density at radius 3 is 1.43 bits per heavy atom. The monoisotopic (exact) mass is 209 g/mol. The van der Waals surface area contributed by atoms with Crippen molar-refractivity contribution in [3.8, 4) is 0 Å². The van der Waals surface area contributed by atoms with Crippen LogP contribution in [0.2, 0.25) is 0 Å². The molecule has 0 spiro atoms. The predicted molar refractivity (Wildman–Crippen MR) is 48.5 cm³/mol. The van der Waals surface area contributed by atoms with Gasteiger partial charge >= 0.3 is 0 Å². The molecule has 0 unspecified atom stereocenters. The van der Waals surface area contributed by atoms with E-state index in [1.165, 1.54) is 0 Å². The highest BCUT2D eigenvalue weighted by Gasteiger charge is 2.30. The van der Waals surface area contributed by atoms with Crippen LogP contribution in [0.1, 0.15) is 19.3 Å². The minimum atomic E-state index is -1.33. The van der Waals surface area contributed by atoms with E-state index in [4.69, 9.17) is 15.3 Å². The first-order chi connectivity index (χ1) is 6.13. The van der Waals surface area contributed by atoms with E-state index in [0.29, 0.717) is 0 Å². The number of aliphatic hydroxyl groups is 3. The van der Waals surface area contributed by atoms with E-state index in [2.05, 4.69) is 0 Å². The Kier molecular flexibility index (Phi) is 8.66. The van der Waals surface area contributed by atoms with Crippen molar-refractivity contribution in [2.75, 3.05) is 19.8 Å². The largest absolute Gasteiger partial charge is 0.550 e. The molecule has 0 aliphatic heterocycles. The summed E-state index contributed by atoms with van der Waals surface area (Å²) in [6.07, 6.45) is -0.0106. The molecule has 0 radical (unpaired) electrons. The lowest BCUT2D eigenvalue weighted by molar-refractivity contribution is -0.321. The fourth-order valence-electron chi connectivity index (χ4n) is 1.32. The van der Waals surface area contributed by atoms with Gasteiger partial charge in [-0.2, -0.15) is 0 Å². The summed E-state index contributed by atoms with van der Waals surface area (Å²) in [5.41, 5.74) is -1.29. The summed E-state index contributed by atoms with van der Waals surface area (Å²) >= 11 is 0. The first kappa shape index (κ1) is 15.8. The van der Waals surface area contributed by atoms with Gasteiger partial charge in [0.25, 0.3) is 0 Å². The average molecular weight is 209 g/mol. The fraction of sp³-hybridized carbons (Fsp3) is 0.875. The Labute approximate surface area is 82.8 Å². The van der Waals surface area contributed by atoms with Gasteiger partial charge in [-0.05, 0) is 19.3 Å². The van der Waals surface area contributed by atoms with Crippen molar-refractivity contribution in [2.45, 2.75) is 19.3 Å². The van der Waals surface area contributed by atoms with Gasteiger partial charge in [0.1, 0.15) is 0 Å². The summed E-state index contributed by atoms with van der Waals surface area (Å²) in [6.45, 7) is -0.893. The molecule has 7 N–H and O–H groups in total. The summed E-state index contributed by atoms with van der Waals surface area (Å²) in [4.78, 5) is 10.7. The molecule has 0 aromatic carbocycles. The van der Waals surface area contributed by atoms with Crippen LogP contribution in [0.5, 0.6) is 0 Å². The molecule has 0 saturated heterocycles. The summed E-state index contributed by atoms with van der Waals surface area (Å²) < 4.78 is 0. The third-order valence-corrected chi connectivity index (χ3v) is 2.20. The molecular formula is C8H19NO5. The molecule has 0 aromatic rings. The maximum atomic E-state index is 10.7. The highest BCUT2D eigenvalue weighted by molar-refractivity contribution is 5.72. The maximum absolute atomic E-state index is 10.7. The van der Waals surface area contributed by atoms with Gasteiger partial charge in [-0.3, -0.25) is 0 Å². The number of carbonyl (C=O) groups is 1. The Hall–Kier alpha value is -0.690. The molecule has 0 bridgehead atoms. The Balaban J connectivity index is 0. The van der Waals surface area contributed by atoms with E-state index in [-0.39, 0.29) is 45.2 Å². The summed E-state index contributed by atoms with van der Waals surface area (Å²) in [5.74, 6) is -1.33. The Morgan fingerprint density at radius 1 is 1.00 bits per heavy atom. The van der Waals surface area contributed by atoms with Crippen molar-refractivity contribution in [1.29, 1.82) is 0 Å². The molecule has 0 saturated carbocycles. The molecule has 86 valence electrons. The Bertz CT molecular complexity index is 145. The number of hydrogen-bond acceptors (Lipinski definition) is 5. The van der Waals surface area contributed by atoms with Crippen LogP contribution in [0.4, 0.5) is 0 Å². The summed E-state index contributed by atoms with van der Waals surface area (Å²) in [6, 6.07) is 0. The van der Waals surface area contributed by atoms with Crippen LogP contribution in [0, 0.1) is 5.41 Å². The van der Waals surface area contributed by atoms with Gasteiger partial charge in [-0.1, -0.05) is 0 Å². The summed E-state index contributed by atoms with van der Waals surface area (Å²) in [7, 11) is 0. The van der Waals surface area contributed by atoms with E-state index in [1.54, 1.807) is 0 Å². The molecule has 6 heteroatoms. The normalized spacial score (nSPS) is 10.8. The van der Waals surface area contributed by atoms with Gasteiger partial charge in [-0.15, -0.1) is 0 Å². The zero-order valence-electron chi connectivity index (χ0n) is 8.40. The number of rotatable bonds is 7. The second kappa shape index (κ2) is 7.69. The van der Waals surface area contributed by atoms with E-state index < -0.39 is 11.4 Å². The molecule has 14 heavy (non-hydrogen) atoms. The number of carbonyl (C=O) groups excluding carboxylic acids is 1. The van der Waals surface area contributed by atoms with E-state index >= 15 is 0 Å². The van der Waals surface area contributed by atoms with Crippen molar-refractivity contribution in [1.82, 2.24) is 6.15 Å². The van der Waals surface area contributed by atoms with Crippen molar-refractivity contribution in [2.24, 2.45) is 5.41 Å². The molecule has 0 aliphatic carbocycles. The van der Waals surface area contributed by atoms with Crippen LogP contribution in [-0.4, -0.2) is 41.1 Å². The molecule has 6 nitrogen and oxygen atoms in total. The fourth-order valence-corrected chi connectivity index (χ4v) is 1.32. The van der Waals surface area contributed by atoms with Crippen LogP contribution in [0.3, 0.4) is 0 Å². The van der Waals surface area contributed by atoms with Crippen LogP contribution >= 0.6 is 0 Å². The minimum Gasteiger partial charge on any atom is -0.550 e. The number of aliphatic hydroxyl groups excluding tert-OH is 3. The summed E-state index contributed by atoms with van der Waals surface area (Å²) in [5, 5.41) is 36.7. The van der Waals surface area contributed by atoms with Gasteiger partial charge in [0.2, 0.25) is 0 Å².